The smallest absolute Gasteiger partial charge is 0.276 e. The predicted molar refractivity (Wildman–Crippen MR) is 131 cm³/mol. The van der Waals surface area contributed by atoms with E-state index in [9.17, 15) is 5.11 Å². The number of ether oxygens (including phenoxy) is 1. The van der Waals surface area contributed by atoms with Crippen molar-refractivity contribution in [1.29, 1.82) is 0 Å². The van der Waals surface area contributed by atoms with Crippen LogP contribution in [0.3, 0.4) is 0 Å². The summed E-state index contributed by atoms with van der Waals surface area (Å²) in [6, 6.07) is 19.8. The number of aryl methyl sites for hydroxylation is 1. The number of thioether (sulfide) groups is 1. The van der Waals surface area contributed by atoms with Gasteiger partial charge in [0.15, 0.2) is 0 Å². The Bertz CT molecular complexity index is 1300. The van der Waals surface area contributed by atoms with Gasteiger partial charge in [0, 0.05) is 23.3 Å². The molecule has 1 atom stereocenters. The summed E-state index contributed by atoms with van der Waals surface area (Å²) in [4.78, 5) is 0. The monoisotopic (exact) mass is 456 g/mol. The third-order valence-corrected chi connectivity index (χ3v) is 6.60. The SMILES string of the molecule is C=CCc1ccc(O)c(-c2ccc3c(c2)C[C@@H](CSc2nnc(-c4ccc(C)cc4)o2)O3)c1. The Morgan fingerprint density at radius 3 is 2.70 bits per heavy atom. The topological polar surface area (TPSA) is 68.4 Å². The number of rotatable bonds is 7. The molecule has 1 N–H and O–H groups in total. The van der Waals surface area contributed by atoms with Gasteiger partial charge < -0.3 is 14.3 Å². The van der Waals surface area contributed by atoms with E-state index in [1.54, 1.807) is 6.07 Å². The number of aromatic nitrogens is 2. The Balaban J connectivity index is 1.25. The molecule has 4 aromatic rings. The Morgan fingerprint density at radius 1 is 1.06 bits per heavy atom. The second-order valence-corrected chi connectivity index (χ2v) is 9.13. The van der Waals surface area contributed by atoms with E-state index >= 15 is 0 Å². The highest BCUT2D eigenvalue weighted by Crippen LogP contribution is 2.37. The molecule has 6 heteroatoms. The molecule has 5 nitrogen and oxygen atoms in total. The molecule has 0 saturated heterocycles. The molecule has 5 rings (SSSR count). The number of phenolic OH excluding ortho intramolecular Hbond substituents is 1. The minimum Gasteiger partial charge on any atom is -0.507 e. The van der Waals surface area contributed by atoms with E-state index in [-0.39, 0.29) is 11.9 Å². The summed E-state index contributed by atoms with van der Waals surface area (Å²) < 4.78 is 11.9. The van der Waals surface area contributed by atoms with Crippen LogP contribution in [0.15, 0.2) is 83.0 Å². The highest BCUT2D eigenvalue weighted by Gasteiger charge is 2.25. The minimum atomic E-state index is 0.0238. The van der Waals surface area contributed by atoms with Gasteiger partial charge >= 0.3 is 0 Å². The zero-order chi connectivity index (χ0) is 22.8. The number of fused-ring (bicyclic) bond motifs is 1. The maximum Gasteiger partial charge on any atom is 0.276 e. The van der Waals surface area contributed by atoms with Crippen LogP contribution < -0.4 is 4.74 Å². The van der Waals surface area contributed by atoms with Crippen molar-refractivity contribution in [1.82, 2.24) is 10.2 Å². The Morgan fingerprint density at radius 2 is 1.88 bits per heavy atom. The summed E-state index contributed by atoms with van der Waals surface area (Å²) in [5, 5.41) is 19.3. The van der Waals surface area contributed by atoms with E-state index < -0.39 is 0 Å². The van der Waals surface area contributed by atoms with Crippen LogP contribution in [0.4, 0.5) is 0 Å². The van der Waals surface area contributed by atoms with Gasteiger partial charge in [0.05, 0.1) is 0 Å². The largest absolute Gasteiger partial charge is 0.507 e. The zero-order valence-electron chi connectivity index (χ0n) is 18.3. The highest BCUT2D eigenvalue weighted by atomic mass is 32.2. The van der Waals surface area contributed by atoms with Crippen LogP contribution in [-0.2, 0) is 12.8 Å². The Labute approximate surface area is 197 Å². The van der Waals surface area contributed by atoms with Gasteiger partial charge in [0.25, 0.3) is 5.22 Å². The molecule has 0 unspecified atom stereocenters. The fourth-order valence-electron chi connectivity index (χ4n) is 3.93. The molecule has 0 aliphatic carbocycles. The number of hydrogen-bond donors (Lipinski definition) is 1. The van der Waals surface area contributed by atoms with Crippen molar-refractivity contribution in [2.75, 3.05) is 5.75 Å². The summed E-state index contributed by atoms with van der Waals surface area (Å²) in [6.07, 6.45) is 3.45. The van der Waals surface area contributed by atoms with Gasteiger partial charge in [-0.2, -0.15) is 0 Å². The number of phenols is 1. The first-order valence-corrected chi connectivity index (χ1v) is 11.8. The van der Waals surface area contributed by atoms with E-state index in [1.807, 2.05) is 61.5 Å². The molecule has 3 aromatic carbocycles. The first-order chi connectivity index (χ1) is 16.1. The minimum absolute atomic E-state index is 0.0238. The van der Waals surface area contributed by atoms with Crippen LogP contribution in [0.2, 0.25) is 0 Å². The lowest BCUT2D eigenvalue weighted by Crippen LogP contribution is -2.15. The number of hydrogen-bond acceptors (Lipinski definition) is 6. The van der Waals surface area contributed by atoms with Crippen LogP contribution in [0.5, 0.6) is 11.5 Å². The van der Waals surface area contributed by atoms with E-state index in [0.717, 1.165) is 46.4 Å². The Hall–Kier alpha value is -3.51. The molecule has 0 radical (unpaired) electrons. The first-order valence-electron chi connectivity index (χ1n) is 10.8. The molecule has 0 amide bonds. The van der Waals surface area contributed by atoms with Crippen LogP contribution in [-0.4, -0.2) is 27.2 Å². The zero-order valence-corrected chi connectivity index (χ0v) is 19.1. The number of aromatic hydroxyl groups is 1. The fraction of sp³-hybridized carbons (Fsp3) is 0.185. The van der Waals surface area contributed by atoms with Gasteiger partial charge in [-0.25, -0.2) is 0 Å². The average molecular weight is 457 g/mol. The second kappa shape index (κ2) is 9.16. The quantitative estimate of drug-likeness (QED) is 0.262. The van der Waals surface area contributed by atoms with Crippen molar-refractivity contribution in [3.8, 4) is 34.1 Å². The van der Waals surface area contributed by atoms with Crippen LogP contribution in [0, 0.1) is 6.92 Å². The number of allylic oxidation sites excluding steroid dienone is 1. The number of nitrogens with zero attached hydrogens (tertiary/aromatic N) is 2. The maximum absolute atomic E-state index is 10.4. The average Bonchev–Trinajstić information content (AvgIpc) is 3.46. The number of benzene rings is 3. The maximum atomic E-state index is 10.4. The van der Waals surface area contributed by atoms with Gasteiger partial charge in [0.1, 0.15) is 17.6 Å². The second-order valence-electron chi connectivity index (χ2n) is 8.16. The molecule has 0 spiro atoms. The van der Waals surface area contributed by atoms with Gasteiger partial charge in [0.2, 0.25) is 5.89 Å². The summed E-state index contributed by atoms with van der Waals surface area (Å²) in [6.45, 7) is 5.85. The van der Waals surface area contributed by atoms with Gasteiger partial charge in [-0.15, -0.1) is 16.8 Å². The van der Waals surface area contributed by atoms with Gasteiger partial charge in [-0.05, 0) is 66.4 Å². The molecule has 166 valence electrons. The van der Waals surface area contributed by atoms with E-state index in [0.29, 0.717) is 16.9 Å². The molecule has 1 aliphatic heterocycles. The summed E-state index contributed by atoms with van der Waals surface area (Å²) in [5.74, 6) is 2.39. The third kappa shape index (κ3) is 4.66. The third-order valence-electron chi connectivity index (χ3n) is 5.65. The van der Waals surface area contributed by atoms with Gasteiger partial charge in [-0.1, -0.05) is 47.7 Å². The lowest BCUT2D eigenvalue weighted by Gasteiger charge is -2.09. The standard InChI is InChI=1S/C27H24N2O3S/c1-3-4-18-7-11-24(30)23(13-18)20-10-12-25-21(14-20)15-22(31-25)16-33-27-29-28-26(32-27)19-8-5-17(2)6-9-19/h3,5-14,22,30H,1,4,15-16H2,2H3/t22-/m0/s1. The molecular formula is C27H24N2O3S. The summed E-state index contributed by atoms with van der Waals surface area (Å²) >= 11 is 1.50. The summed E-state index contributed by atoms with van der Waals surface area (Å²) in [5.41, 5.74) is 6.16. The molecular weight excluding hydrogens is 432 g/mol. The first kappa shape index (κ1) is 21.3. The molecule has 33 heavy (non-hydrogen) atoms. The molecule has 0 saturated carbocycles. The van der Waals surface area contributed by atoms with Crippen molar-refractivity contribution < 1.29 is 14.3 Å². The van der Waals surface area contributed by atoms with Crippen molar-refractivity contribution in [3.63, 3.8) is 0 Å². The van der Waals surface area contributed by atoms with Crippen molar-refractivity contribution in [2.24, 2.45) is 0 Å². The van der Waals surface area contributed by atoms with E-state index in [4.69, 9.17) is 9.15 Å². The molecule has 0 bridgehead atoms. The van der Waals surface area contributed by atoms with Crippen LogP contribution >= 0.6 is 11.8 Å². The molecule has 1 aromatic heterocycles. The van der Waals surface area contributed by atoms with Crippen molar-refractivity contribution in [3.05, 3.63) is 90.0 Å². The van der Waals surface area contributed by atoms with Crippen molar-refractivity contribution >= 4 is 11.8 Å². The fourth-order valence-corrected chi connectivity index (χ4v) is 4.68. The van der Waals surface area contributed by atoms with E-state index in [2.05, 4.69) is 22.8 Å². The van der Waals surface area contributed by atoms with Crippen molar-refractivity contribution in [2.45, 2.75) is 31.1 Å². The molecule has 0 fully saturated rings. The van der Waals surface area contributed by atoms with Crippen LogP contribution in [0.25, 0.3) is 22.6 Å². The van der Waals surface area contributed by atoms with Crippen LogP contribution in [0.1, 0.15) is 16.7 Å². The Kier molecular flexibility index (Phi) is 5.92. The molecule has 2 heterocycles. The van der Waals surface area contributed by atoms with E-state index in [1.165, 1.54) is 17.3 Å². The van der Waals surface area contributed by atoms with Gasteiger partial charge in [-0.3, -0.25) is 0 Å². The normalized spacial score (nSPS) is 14.6. The molecule has 1 aliphatic rings. The lowest BCUT2D eigenvalue weighted by atomic mass is 9.98. The predicted octanol–water partition coefficient (Wildman–Crippen LogP) is 6.24. The lowest BCUT2D eigenvalue weighted by molar-refractivity contribution is 0.259. The highest BCUT2D eigenvalue weighted by molar-refractivity contribution is 7.99. The summed E-state index contributed by atoms with van der Waals surface area (Å²) in [7, 11) is 0.